The maximum Gasteiger partial charge on any atom is 0.517 e. The van der Waals surface area contributed by atoms with Crippen molar-refractivity contribution in [3.8, 4) is 0 Å². The van der Waals surface area contributed by atoms with E-state index in [0.29, 0.717) is 31.9 Å². The van der Waals surface area contributed by atoms with Crippen molar-refractivity contribution in [1.29, 1.82) is 0 Å². The molecule has 6 nitrogen and oxygen atoms in total. The van der Waals surface area contributed by atoms with Crippen LogP contribution in [-0.4, -0.2) is 46.1 Å². The number of anilines is 2. The fraction of sp³-hybridized carbons (Fsp3) is 0.588. The van der Waals surface area contributed by atoms with Gasteiger partial charge in [-0.3, -0.25) is 4.79 Å². The van der Waals surface area contributed by atoms with E-state index in [-0.39, 0.29) is 15.7 Å². The Morgan fingerprint density at radius 2 is 1.70 bits per heavy atom. The molecule has 1 amide bonds. The van der Waals surface area contributed by atoms with Crippen molar-refractivity contribution in [3.63, 3.8) is 0 Å². The Morgan fingerprint density at radius 1 is 1.15 bits per heavy atom. The highest BCUT2D eigenvalue weighted by Crippen LogP contribution is 2.39. The first-order valence-electron chi connectivity index (χ1n) is 8.36. The zero-order chi connectivity index (χ0) is 20.6. The van der Waals surface area contributed by atoms with Crippen LogP contribution in [0.25, 0.3) is 0 Å². The number of halogens is 3. The number of hydrogen-bond donors (Lipinski definition) is 0. The van der Waals surface area contributed by atoms with Crippen molar-refractivity contribution in [2.45, 2.75) is 38.6 Å². The van der Waals surface area contributed by atoms with E-state index in [2.05, 4.69) is 0 Å². The second-order valence-electron chi connectivity index (χ2n) is 7.29. The smallest absolute Gasteiger partial charge is 0.378 e. The minimum absolute atomic E-state index is 0.146. The Kier molecular flexibility index (Phi) is 5.82. The lowest BCUT2D eigenvalue weighted by Gasteiger charge is -2.34. The summed E-state index contributed by atoms with van der Waals surface area (Å²) in [6.07, 6.45) is 0. The van der Waals surface area contributed by atoms with Gasteiger partial charge in [0.15, 0.2) is 0 Å². The van der Waals surface area contributed by atoms with E-state index >= 15 is 0 Å². The van der Waals surface area contributed by atoms with Gasteiger partial charge < -0.3 is 9.64 Å². The molecule has 0 N–H and O–H groups in total. The predicted molar refractivity (Wildman–Crippen MR) is 96.3 cm³/mol. The Hall–Kier alpha value is -1.81. The Morgan fingerprint density at radius 3 is 2.15 bits per heavy atom. The molecular weight excluding hydrogens is 385 g/mol. The van der Waals surface area contributed by atoms with Crippen LogP contribution < -0.4 is 9.21 Å². The van der Waals surface area contributed by atoms with Gasteiger partial charge in [-0.2, -0.15) is 25.9 Å². The number of carbonyl (C=O) groups excluding carboxylic acids is 1. The number of hydrogen-bond acceptors (Lipinski definition) is 5. The third-order valence-electron chi connectivity index (χ3n) is 4.23. The monoisotopic (exact) mass is 408 g/mol. The van der Waals surface area contributed by atoms with Crippen molar-refractivity contribution in [2.24, 2.45) is 0 Å². The van der Waals surface area contributed by atoms with Crippen molar-refractivity contribution in [2.75, 3.05) is 35.5 Å². The summed E-state index contributed by atoms with van der Waals surface area (Å²) >= 11 is 0. The largest absolute Gasteiger partial charge is 0.517 e. The van der Waals surface area contributed by atoms with Gasteiger partial charge in [-0.1, -0.05) is 26.8 Å². The van der Waals surface area contributed by atoms with Crippen LogP contribution >= 0.6 is 0 Å². The summed E-state index contributed by atoms with van der Waals surface area (Å²) < 4.78 is 69.0. The molecule has 0 atom stereocenters. The molecule has 1 heterocycles. The lowest BCUT2D eigenvalue weighted by molar-refractivity contribution is -0.115. The quantitative estimate of drug-likeness (QED) is 0.769. The van der Waals surface area contributed by atoms with E-state index in [0.717, 1.165) is 6.92 Å². The zero-order valence-corrected chi connectivity index (χ0v) is 16.4. The molecule has 1 fully saturated rings. The Labute approximate surface area is 156 Å². The lowest BCUT2D eigenvalue weighted by Crippen LogP contribution is -2.45. The van der Waals surface area contributed by atoms with E-state index in [1.165, 1.54) is 6.07 Å². The second kappa shape index (κ2) is 7.31. The highest BCUT2D eigenvalue weighted by molar-refractivity contribution is 7.94. The number of amides is 1. The molecule has 0 spiro atoms. The maximum atomic E-state index is 13.2. The first-order valence-corrected chi connectivity index (χ1v) is 9.80. The third kappa shape index (κ3) is 4.37. The van der Waals surface area contributed by atoms with Gasteiger partial charge in [0, 0.05) is 20.0 Å². The van der Waals surface area contributed by atoms with Crippen LogP contribution in [0.1, 0.15) is 33.3 Å². The number of morpholine rings is 1. The minimum Gasteiger partial charge on any atom is -0.378 e. The van der Waals surface area contributed by atoms with Gasteiger partial charge >= 0.3 is 15.5 Å². The topological polar surface area (TPSA) is 66.9 Å². The molecule has 1 saturated heterocycles. The molecule has 1 aliphatic rings. The van der Waals surface area contributed by atoms with Crippen LogP contribution in [-0.2, 0) is 25.0 Å². The van der Waals surface area contributed by atoms with Gasteiger partial charge in [0.05, 0.1) is 24.6 Å². The number of alkyl halides is 3. The summed E-state index contributed by atoms with van der Waals surface area (Å²) in [7, 11) is -5.89. The lowest BCUT2D eigenvalue weighted by atomic mass is 9.86. The van der Waals surface area contributed by atoms with Gasteiger partial charge in [0.2, 0.25) is 5.91 Å². The maximum absolute atomic E-state index is 13.2. The number of carbonyl (C=O) groups is 1. The summed E-state index contributed by atoms with van der Waals surface area (Å²) in [4.78, 5) is 13.8. The molecule has 152 valence electrons. The molecule has 0 saturated carbocycles. The normalized spacial score (nSPS) is 16.3. The summed E-state index contributed by atoms with van der Waals surface area (Å²) in [5, 5.41) is 0. The van der Waals surface area contributed by atoms with E-state index in [1.54, 1.807) is 17.0 Å². The zero-order valence-electron chi connectivity index (χ0n) is 15.6. The standard InChI is InChI=1S/C17H23F3N2O4S/c1-12(23)22(27(24,25)17(18,19)20)15-11-13(16(2,3)4)5-6-14(15)21-7-9-26-10-8-21/h5-6,11H,7-10H2,1-4H3. The molecule has 0 aromatic heterocycles. The van der Waals surface area contributed by atoms with Crippen molar-refractivity contribution in [3.05, 3.63) is 23.8 Å². The summed E-state index contributed by atoms with van der Waals surface area (Å²) in [6.45, 7) is 7.79. The molecule has 1 aromatic rings. The average Bonchev–Trinajstić information content (AvgIpc) is 2.53. The van der Waals surface area contributed by atoms with Crippen LogP contribution in [0.15, 0.2) is 18.2 Å². The number of ether oxygens (including phenoxy) is 1. The number of benzene rings is 1. The van der Waals surface area contributed by atoms with Gasteiger partial charge in [0.1, 0.15) is 0 Å². The van der Waals surface area contributed by atoms with Crippen molar-refractivity contribution >= 4 is 27.3 Å². The van der Waals surface area contributed by atoms with Gasteiger partial charge in [-0.15, -0.1) is 0 Å². The van der Waals surface area contributed by atoms with E-state index in [4.69, 9.17) is 4.74 Å². The third-order valence-corrected chi connectivity index (χ3v) is 5.75. The van der Waals surface area contributed by atoms with Crippen LogP contribution in [0.5, 0.6) is 0 Å². The molecule has 1 aliphatic heterocycles. The molecule has 1 aromatic carbocycles. The van der Waals surface area contributed by atoms with Crippen molar-refractivity contribution < 1.29 is 31.1 Å². The molecule has 2 rings (SSSR count). The molecule has 0 unspecified atom stereocenters. The fourth-order valence-corrected chi connectivity index (χ4v) is 3.75. The second-order valence-corrected chi connectivity index (χ2v) is 9.07. The van der Waals surface area contributed by atoms with Gasteiger partial charge in [0.25, 0.3) is 0 Å². The first kappa shape index (κ1) is 21.5. The fourth-order valence-electron chi connectivity index (χ4n) is 2.80. The number of sulfonamides is 1. The first-order chi connectivity index (χ1) is 12.3. The highest BCUT2D eigenvalue weighted by atomic mass is 32.2. The van der Waals surface area contributed by atoms with Crippen molar-refractivity contribution in [1.82, 2.24) is 0 Å². The molecule has 0 radical (unpaired) electrons. The van der Waals surface area contributed by atoms with E-state index < -0.39 is 26.9 Å². The van der Waals surface area contributed by atoms with Crippen LogP contribution in [0.2, 0.25) is 0 Å². The van der Waals surface area contributed by atoms with Crippen LogP contribution in [0, 0.1) is 0 Å². The van der Waals surface area contributed by atoms with E-state index in [9.17, 15) is 26.4 Å². The molecule has 10 heteroatoms. The van der Waals surface area contributed by atoms with Gasteiger partial charge in [-0.25, -0.2) is 0 Å². The SMILES string of the molecule is CC(=O)N(c1cc(C(C)(C)C)ccc1N1CCOCC1)S(=O)(=O)C(F)(F)F. The Bertz CT molecular complexity index is 810. The van der Waals surface area contributed by atoms with Crippen LogP contribution in [0.3, 0.4) is 0 Å². The average molecular weight is 408 g/mol. The summed E-state index contributed by atoms with van der Waals surface area (Å²) in [5.74, 6) is -1.23. The number of nitrogens with zero attached hydrogens (tertiary/aromatic N) is 2. The molecule has 0 aliphatic carbocycles. The summed E-state index contributed by atoms with van der Waals surface area (Å²) in [5.41, 5.74) is -5.50. The molecule has 0 bridgehead atoms. The molecular formula is C17H23F3N2O4S. The summed E-state index contributed by atoms with van der Waals surface area (Å²) in [6, 6.07) is 4.63. The highest BCUT2D eigenvalue weighted by Gasteiger charge is 2.52. The van der Waals surface area contributed by atoms with Crippen LogP contribution in [0.4, 0.5) is 24.5 Å². The van der Waals surface area contributed by atoms with E-state index in [1.807, 2.05) is 20.8 Å². The minimum atomic E-state index is -5.89. The van der Waals surface area contributed by atoms with Gasteiger partial charge in [-0.05, 0) is 23.1 Å². The predicted octanol–water partition coefficient (Wildman–Crippen LogP) is 3.02. The number of rotatable bonds is 3. The molecule has 27 heavy (non-hydrogen) atoms. The Balaban J connectivity index is 2.73.